The molecule has 1 aromatic rings. The summed E-state index contributed by atoms with van der Waals surface area (Å²) in [7, 11) is 0. The molecule has 0 bridgehead atoms. The summed E-state index contributed by atoms with van der Waals surface area (Å²) in [6.07, 6.45) is 7.22. The molecule has 0 saturated carbocycles. The van der Waals surface area contributed by atoms with Gasteiger partial charge in [-0.05, 0) is 18.4 Å². The Bertz CT molecular complexity index is 381. The summed E-state index contributed by atoms with van der Waals surface area (Å²) in [5.41, 5.74) is 6.84. The summed E-state index contributed by atoms with van der Waals surface area (Å²) in [5, 5.41) is 2.78. The molecule has 1 atom stereocenters. The van der Waals surface area contributed by atoms with Crippen molar-refractivity contribution < 1.29 is 4.79 Å². The molecule has 3 heteroatoms. The van der Waals surface area contributed by atoms with Crippen molar-refractivity contribution in [3.63, 3.8) is 0 Å². The minimum absolute atomic E-state index is 0.170. The van der Waals surface area contributed by atoms with Crippen LogP contribution < -0.4 is 11.1 Å². The minimum atomic E-state index is -0.586. The van der Waals surface area contributed by atoms with Crippen molar-refractivity contribution in [2.45, 2.75) is 25.3 Å². The smallest absolute Gasteiger partial charge is 0.237 e. The van der Waals surface area contributed by atoms with E-state index in [1.165, 1.54) is 5.56 Å². The Morgan fingerprint density at radius 1 is 1.41 bits per heavy atom. The monoisotopic (exact) mass is 230 g/mol. The van der Waals surface area contributed by atoms with Gasteiger partial charge in [0.25, 0.3) is 0 Å². The van der Waals surface area contributed by atoms with E-state index in [2.05, 4.69) is 23.4 Å². The molecule has 1 unspecified atom stereocenters. The summed E-state index contributed by atoms with van der Waals surface area (Å²) in [6, 6.07) is 9.58. The van der Waals surface area contributed by atoms with Crippen LogP contribution in [0, 0.1) is 12.3 Å². The lowest BCUT2D eigenvalue weighted by Gasteiger charge is -2.09. The quantitative estimate of drug-likeness (QED) is 0.567. The molecule has 0 saturated heterocycles. The van der Waals surface area contributed by atoms with Crippen LogP contribution in [0.1, 0.15) is 18.4 Å². The number of amides is 1. The lowest BCUT2D eigenvalue weighted by Crippen LogP contribution is -2.40. The predicted molar refractivity (Wildman–Crippen MR) is 69.2 cm³/mol. The number of nitrogens with one attached hydrogen (secondary N) is 1. The number of carbonyl (C=O) groups is 1. The Hall–Kier alpha value is -1.79. The van der Waals surface area contributed by atoms with Gasteiger partial charge in [0, 0.05) is 13.0 Å². The second-order valence-corrected chi connectivity index (χ2v) is 3.89. The van der Waals surface area contributed by atoms with Gasteiger partial charge in [0.15, 0.2) is 0 Å². The van der Waals surface area contributed by atoms with Gasteiger partial charge in [-0.2, -0.15) is 0 Å². The van der Waals surface area contributed by atoms with Gasteiger partial charge in [-0.25, -0.2) is 0 Å². The maximum Gasteiger partial charge on any atom is 0.237 e. The lowest BCUT2D eigenvalue weighted by atomic mass is 10.1. The van der Waals surface area contributed by atoms with Gasteiger partial charge in [-0.3, -0.25) is 4.79 Å². The molecule has 0 fully saturated rings. The second kappa shape index (κ2) is 7.48. The first-order valence-electron chi connectivity index (χ1n) is 5.74. The van der Waals surface area contributed by atoms with E-state index in [0.29, 0.717) is 6.54 Å². The number of rotatable bonds is 6. The van der Waals surface area contributed by atoms with Gasteiger partial charge in [0.1, 0.15) is 0 Å². The van der Waals surface area contributed by atoms with Gasteiger partial charge in [-0.1, -0.05) is 30.3 Å². The molecule has 1 rings (SSSR count). The van der Waals surface area contributed by atoms with Crippen LogP contribution in [0.15, 0.2) is 30.3 Å². The normalized spacial score (nSPS) is 11.5. The molecule has 1 aromatic carbocycles. The van der Waals surface area contributed by atoms with E-state index in [1.807, 2.05) is 18.2 Å². The summed E-state index contributed by atoms with van der Waals surface area (Å²) in [4.78, 5) is 11.4. The predicted octanol–water partition coefficient (Wildman–Crippen LogP) is 1.09. The fourth-order valence-electron chi connectivity index (χ4n) is 1.50. The summed E-state index contributed by atoms with van der Waals surface area (Å²) >= 11 is 0. The molecule has 0 aliphatic heterocycles. The van der Waals surface area contributed by atoms with Crippen LogP contribution in [0.5, 0.6) is 0 Å². The van der Waals surface area contributed by atoms with Gasteiger partial charge in [0.2, 0.25) is 5.91 Å². The van der Waals surface area contributed by atoms with E-state index >= 15 is 0 Å². The second-order valence-electron chi connectivity index (χ2n) is 3.89. The van der Waals surface area contributed by atoms with Crippen molar-refractivity contribution in [2.75, 3.05) is 6.54 Å². The van der Waals surface area contributed by atoms with Gasteiger partial charge < -0.3 is 11.1 Å². The molecule has 0 spiro atoms. The number of terminal acetylenes is 1. The minimum Gasteiger partial charge on any atom is -0.355 e. The van der Waals surface area contributed by atoms with Crippen LogP contribution in [0.2, 0.25) is 0 Å². The maximum atomic E-state index is 11.4. The summed E-state index contributed by atoms with van der Waals surface area (Å²) in [5.74, 6) is 2.21. The van der Waals surface area contributed by atoms with E-state index in [4.69, 9.17) is 12.2 Å². The standard InChI is InChI=1S/C14H18N2O/c1-2-7-13(15)14(17)16-11-6-10-12-8-4-3-5-9-12/h1,3-5,8-9,13H,6-7,10-11,15H2,(H,16,17). The van der Waals surface area contributed by atoms with Crippen molar-refractivity contribution in [1.82, 2.24) is 5.32 Å². The van der Waals surface area contributed by atoms with Crippen molar-refractivity contribution in [1.29, 1.82) is 0 Å². The molecule has 3 nitrogen and oxygen atoms in total. The molecule has 17 heavy (non-hydrogen) atoms. The van der Waals surface area contributed by atoms with Crippen LogP contribution in [0.25, 0.3) is 0 Å². The third kappa shape index (κ3) is 5.19. The van der Waals surface area contributed by atoms with Crippen molar-refractivity contribution >= 4 is 5.91 Å². The van der Waals surface area contributed by atoms with E-state index in [9.17, 15) is 4.79 Å². The number of benzene rings is 1. The Balaban J connectivity index is 2.17. The van der Waals surface area contributed by atoms with Gasteiger partial charge >= 0.3 is 0 Å². The topological polar surface area (TPSA) is 55.1 Å². The van der Waals surface area contributed by atoms with Gasteiger partial charge in [-0.15, -0.1) is 12.3 Å². The number of hydrogen-bond acceptors (Lipinski definition) is 2. The Morgan fingerprint density at radius 2 is 2.12 bits per heavy atom. The van der Waals surface area contributed by atoms with E-state index in [0.717, 1.165) is 12.8 Å². The Morgan fingerprint density at radius 3 is 2.76 bits per heavy atom. The molecule has 0 aliphatic carbocycles. The highest BCUT2D eigenvalue weighted by Crippen LogP contribution is 2.01. The highest BCUT2D eigenvalue weighted by molar-refractivity contribution is 5.81. The highest BCUT2D eigenvalue weighted by Gasteiger charge is 2.10. The van der Waals surface area contributed by atoms with E-state index in [-0.39, 0.29) is 12.3 Å². The number of aryl methyl sites for hydroxylation is 1. The summed E-state index contributed by atoms with van der Waals surface area (Å²) in [6.45, 7) is 0.631. The van der Waals surface area contributed by atoms with E-state index < -0.39 is 6.04 Å². The van der Waals surface area contributed by atoms with Crippen LogP contribution in [0.3, 0.4) is 0 Å². The first-order valence-corrected chi connectivity index (χ1v) is 5.74. The third-order valence-corrected chi connectivity index (χ3v) is 2.46. The highest BCUT2D eigenvalue weighted by atomic mass is 16.2. The molecule has 90 valence electrons. The number of hydrogen-bond donors (Lipinski definition) is 2. The van der Waals surface area contributed by atoms with Crippen LogP contribution >= 0.6 is 0 Å². The molecule has 0 aliphatic rings. The molecule has 1 amide bonds. The molecule has 3 N–H and O–H groups in total. The largest absolute Gasteiger partial charge is 0.355 e. The lowest BCUT2D eigenvalue weighted by molar-refractivity contribution is -0.122. The number of nitrogens with two attached hydrogens (primary N) is 1. The number of carbonyl (C=O) groups excluding carboxylic acids is 1. The average molecular weight is 230 g/mol. The summed E-state index contributed by atoms with van der Waals surface area (Å²) < 4.78 is 0. The van der Waals surface area contributed by atoms with Crippen molar-refractivity contribution in [3.8, 4) is 12.3 Å². The van der Waals surface area contributed by atoms with Crippen molar-refractivity contribution in [3.05, 3.63) is 35.9 Å². The van der Waals surface area contributed by atoms with Gasteiger partial charge in [0.05, 0.1) is 6.04 Å². The van der Waals surface area contributed by atoms with Crippen LogP contribution in [0.4, 0.5) is 0 Å². The average Bonchev–Trinajstić information content (AvgIpc) is 2.36. The zero-order valence-corrected chi connectivity index (χ0v) is 9.86. The van der Waals surface area contributed by atoms with Crippen molar-refractivity contribution in [2.24, 2.45) is 5.73 Å². The molecule has 0 radical (unpaired) electrons. The molecule has 0 heterocycles. The fourth-order valence-corrected chi connectivity index (χ4v) is 1.50. The zero-order valence-electron chi connectivity index (χ0n) is 9.86. The van der Waals surface area contributed by atoms with Crippen LogP contribution in [-0.2, 0) is 11.2 Å². The molecule has 0 aromatic heterocycles. The Kier molecular flexibility index (Phi) is 5.84. The third-order valence-electron chi connectivity index (χ3n) is 2.46. The molecular formula is C14H18N2O. The maximum absolute atomic E-state index is 11.4. The van der Waals surface area contributed by atoms with Crippen LogP contribution in [-0.4, -0.2) is 18.5 Å². The molecular weight excluding hydrogens is 212 g/mol. The zero-order chi connectivity index (χ0) is 12.5. The fraction of sp³-hybridized carbons (Fsp3) is 0.357. The van der Waals surface area contributed by atoms with E-state index in [1.54, 1.807) is 0 Å². The first kappa shape index (κ1) is 13.3. The first-order chi connectivity index (χ1) is 8.24. The Labute approximate surface area is 102 Å². The SMILES string of the molecule is C#CCC(N)C(=O)NCCCc1ccccc1.